The van der Waals surface area contributed by atoms with Crippen molar-refractivity contribution in [2.75, 3.05) is 45.9 Å². The number of aryl methyl sites for hydroxylation is 1. The lowest BCUT2D eigenvalue weighted by atomic mass is 9.85. The molecule has 0 radical (unpaired) electrons. The van der Waals surface area contributed by atoms with Gasteiger partial charge in [0.2, 0.25) is 5.91 Å². The van der Waals surface area contributed by atoms with Gasteiger partial charge in [-0.3, -0.25) is 19.2 Å². The molecule has 2 amide bonds. The van der Waals surface area contributed by atoms with Gasteiger partial charge in [0, 0.05) is 50.8 Å². The summed E-state index contributed by atoms with van der Waals surface area (Å²) in [6.45, 7) is 9.82. The van der Waals surface area contributed by atoms with E-state index >= 15 is 0 Å². The van der Waals surface area contributed by atoms with Crippen LogP contribution in [0.2, 0.25) is 0 Å². The summed E-state index contributed by atoms with van der Waals surface area (Å²) in [6, 6.07) is 2.61. The van der Waals surface area contributed by atoms with E-state index in [1.165, 1.54) is 0 Å². The predicted octanol–water partition coefficient (Wildman–Crippen LogP) is 3.21. The summed E-state index contributed by atoms with van der Waals surface area (Å²) in [6.07, 6.45) is 6.19. The average molecular weight is 488 g/mol. The first-order chi connectivity index (χ1) is 16.5. The summed E-state index contributed by atoms with van der Waals surface area (Å²) in [5, 5.41) is 9.17. The highest BCUT2D eigenvalue weighted by atomic mass is 32.1. The molecule has 2 saturated heterocycles. The number of rotatable bonds is 6. The summed E-state index contributed by atoms with van der Waals surface area (Å²) >= 11 is 1.57. The molecule has 2 aromatic heterocycles. The molecule has 0 bridgehead atoms. The maximum atomic E-state index is 13.1. The maximum Gasteiger partial charge on any atom is 0.261 e. The van der Waals surface area contributed by atoms with Crippen LogP contribution in [0, 0.1) is 12.8 Å². The Hall–Kier alpha value is -1.97. The summed E-state index contributed by atoms with van der Waals surface area (Å²) in [7, 11) is 0. The third kappa shape index (κ3) is 5.02. The van der Waals surface area contributed by atoms with E-state index in [9.17, 15) is 9.59 Å². The molecule has 5 rings (SSSR count). The zero-order valence-electron chi connectivity index (χ0n) is 20.4. The van der Waals surface area contributed by atoms with Gasteiger partial charge in [-0.05, 0) is 64.4 Å². The van der Waals surface area contributed by atoms with Gasteiger partial charge < -0.3 is 15.0 Å². The number of carbonyl (C=O) groups is 2. The molecule has 0 unspecified atom stereocenters. The number of hydrogen-bond acceptors (Lipinski definition) is 6. The van der Waals surface area contributed by atoms with Gasteiger partial charge in [0.15, 0.2) is 0 Å². The molecule has 3 aliphatic rings. The highest BCUT2D eigenvalue weighted by molar-refractivity contribution is 7.20. The Balaban J connectivity index is 1.14. The van der Waals surface area contributed by atoms with Gasteiger partial charge in [-0.25, -0.2) is 0 Å². The Bertz CT molecular complexity index is 1020. The van der Waals surface area contributed by atoms with Crippen LogP contribution >= 0.6 is 11.3 Å². The fourth-order valence-electron chi connectivity index (χ4n) is 5.72. The number of amides is 2. The van der Waals surface area contributed by atoms with Crippen LogP contribution in [0.4, 0.5) is 0 Å². The first-order valence-corrected chi connectivity index (χ1v) is 13.7. The molecule has 186 valence electrons. The zero-order chi connectivity index (χ0) is 23.7. The molecular weight excluding hydrogens is 450 g/mol. The van der Waals surface area contributed by atoms with Crippen molar-refractivity contribution < 1.29 is 14.3 Å². The van der Waals surface area contributed by atoms with Crippen LogP contribution < -0.4 is 5.32 Å². The molecule has 8 nitrogen and oxygen atoms in total. The van der Waals surface area contributed by atoms with Crippen molar-refractivity contribution in [3.8, 4) is 0 Å². The van der Waals surface area contributed by atoms with Gasteiger partial charge >= 0.3 is 0 Å². The summed E-state index contributed by atoms with van der Waals surface area (Å²) in [5.41, 5.74) is 0.996. The molecular formula is C25H37N5O3S. The van der Waals surface area contributed by atoms with E-state index in [1.54, 1.807) is 11.3 Å². The lowest BCUT2D eigenvalue weighted by Gasteiger charge is -2.37. The minimum Gasteiger partial charge on any atom is -0.381 e. The highest BCUT2D eigenvalue weighted by Crippen LogP contribution is 2.33. The highest BCUT2D eigenvalue weighted by Gasteiger charge is 2.29. The van der Waals surface area contributed by atoms with E-state index in [0.717, 1.165) is 98.7 Å². The number of ether oxygens (including phenoxy) is 1. The zero-order valence-corrected chi connectivity index (χ0v) is 21.2. The van der Waals surface area contributed by atoms with E-state index in [1.807, 2.05) is 24.8 Å². The molecule has 34 heavy (non-hydrogen) atoms. The Morgan fingerprint density at radius 2 is 1.94 bits per heavy atom. The number of nitrogens with zero attached hydrogens (tertiary/aromatic N) is 4. The van der Waals surface area contributed by atoms with Gasteiger partial charge in [-0.1, -0.05) is 0 Å². The van der Waals surface area contributed by atoms with Crippen LogP contribution in [0.1, 0.15) is 66.9 Å². The Kier molecular flexibility index (Phi) is 7.22. The van der Waals surface area contributed by atoms with E-state index in [0.29, 0.717) is 18.5 Å². The Labute approximate surface area is 205 Å². The van der Waals surface area contributed by atoms with E-state index in [-0.39, 0.29) is 17.9 Å². The second-order valence-corrected chi connectivity index (χ2v) is 11.1. The fourth-order valence-corrected chi connectivity index (χ4v) is 6.86. The van der Waals surface area contributed by atoms with Crippen LogP contribution in [0.15, 0.2) is 6.07 Å². The molecule has 3 fully saturated rings. The molecule has 0 spiro atoms. The number of hydrogen-bond donors (Lipinski definition) is 1. The van der Waals surface area contributed by atoms with Crippen molar-refractivity contribution in [2.24, 2.45) is 5.92 Å². The smallest absolute Gasteiger partial charge is 0.261 e. The first-order valence-electron chi connectivity index (χ1n) is 12.9. The molecule has 1 aliphatic carbocycles. The van der Waals surface area contributed by atoms with Gasteiger partial charge in [0.05, 0.1) is 23.2 Å². The van der Waals surface area contributed by atoms with Crippen molar-refractivity contribution in [3.05, 3.63) is 16.6 Å². The topological polar surface area (TPSA) is 79.7 Å². The number of fused-ring (bicyclic) bond motifs is 1. The summed E-state index contributed by atoms with van der Waals surface area (Å²) < 4.78 is 7.64. The molecule has 4 heterocycles. The number of likely N-dealkylation sites (N-methyl/N-ethyl adjacent to an activating group) is 1. The van der Waals surface area contributed by atoms with Crippen molar-refractivity contribution in [2.45, 2.75) is 64.5 Å². The Morgan fingerprint density at radius 1 is 1.18 bits per heavy atom. The third-order valence-corrected chi connectivity index (χ3v) is 8.93. The predicted molar refractivity (Wildman–Crippen MR) is 133 cm³/mol. The van der Waals surface area contributed by atoms with Crippen molar-refractivity contribution in [3.63, 3.8) is 0 Å². The SMILES string of the molecule is CCN1CCN(C[C@H]2CC[C@H](NC(=O)c3cc4c(C)nn(C5CCOCC5)c4s3)CC2)CC1=O. The lowest BCUT2D eigenvalue weighted by molar-refractivity contribution is -0.136. The number of carbonyl (C=O) groups excluding carboxylic acids is 2. The minimum atomic E-state index is 0.0452. The summed E-state index contributed by atoms with van der Waals surface area (Å²) in [5.74, 6) is 0.920. The van der Waals surface area contributed by atoms with E-state index in [2.05, 4.69) is 14.9 Å². The molecule has 0 aromatic carbocycles. The number of piperazine rings is 1. The number of nitrogens with one attached hydrogen (secondary N) is 1. The van der Waals surface area contributed by atoms with Gasteiger partial charge in [-0.15, -0.1) is 11.3 Å². The molecule has 0 atom stereocenters. The van der Waals surface area contributed by atoms with Gasteiger partial charge in [0.1, 0.15) is 4.83 Å². The fraction of sp³-hybridized carbons (Fsp3) is 0.720. The molecule has 2 aromatic rings. The molecule has 9 heteroatoms. The van der Waals surface area contributed by atoms with Crippen LogP contribution in [0.5, 0.6) is 0 Å². The summed E-state index contributed by atoms with van der Waals surface area (Å²) in [4.78, 5) is 31.4. The van der Waals surface area contributed by atoms with E-state index in [4.69, 9.17) is 9.84 Å². The van der Waals surface area contributed by atoms with Crippen molar-refractivity contribution in [1.82, 2.24) is 24.9 Å². The average Bonchev–Trinajstić information content (AvgIpc) is 3.42. The van der Waals surface area contributed by atoms with Gasteiger partial charge in [-0.2, -0.15) is 5.10 Å². The van der Waals surface area contributed by atoms with Crippen LogP contribution in [-0.4, -0.2) is 83.4 Å². The van der Waals surface area contributed by atoms with Crippen LogP contribution in [0.3, 0.4) is 0 Å². The lowest BCUT2D eigenvalue weighted by Crippen LogP contribution is -2.51. The maximum absolute atomic E-state index is 13.1. The standard InChI is InChI=1S/C25H37N5O3S/c1-3-29-11-10-28(16-23(29)31)15-18-4-6-19(7-5-18)26-24(32)22-14-21-17(2)27-30(25(21)34-22)20-8-12-33-13-9-20/h14,18-20H,3-13,15-16H2,1-2H3,(H,26,32)/t18-,19-. The van der Waals surface area contributed by atoms with E-state index < -0.39 is 0 Å². The second kappa shape index (κ2) is 10.3. The quantitative estimate of drug-likeness (QED) is 0.677. The molecule has 1 N–H and O–H groups in total. The normalized spacial score (nSPS) is 25.2. The Morgan fingerprint density at radius 3 is 2.65 bits per heavy atom. The van der Waals surface area contributed by atoms with Crippen LogP contribution in [-0.2, 0) is 9.53 Å². The monoisotopic (exact) mass is 487 g/mol. The third-order valence-electron chi connectivity index (χ3n) is 7.81. The molecule has 2 aliphatic heterocycles. The van der Waals surface area contributed by atoms with Gasteiger partial charge in [0.25, 0.3) is 5.91 Å². The van der Waals surface area contributed by atoms with Crippen LogP contribution in [0.25, 0.3) is 10.2 Å². The number of aromatic nitrogens is 2. The first kappa shape index (κ1) is 23.8. The second-order valence-electron chi connectivity index (χ2n) is 10.1. The largest absolute Gasteiger partial charge is 0.381 e. The molecule has 1 saturated carbocycles. The van der Waals surface area contributed by atoms with Crippen molar-refractivity contribution >= 4 is 33.4 Å². The number of thiophene rings is 1. The minimum absolute atomic E-state index is 0.0452. The van der Waals surface area contributed by atoms with Crippen molar-refractivity contribution in [1.29, 1.82) is 0 Å².